The van der Waals surface area contributed by atoms with Crippen LogP contribution in [0.1, 0.15) is 26.3 Å². The van der Waals surface area contributed by atoms with Gasteiger partial charge in [-0.2, -0.15) is 0 Å². The number of methoxy groups -OCH3 is 1. The molecule has 0 aromatic heterocycles. The third-order valence-electron chi connectivity index (χ3n) is 2.82. The van der Waals surface area contributed by atoms with E-state index in [2.05, 4.69) is 40.5 Å². The number of ether oxygens (including phenoxy) is 3. The van der Waals surface area contributed by atoms with E-state index in [1.54, 1.807) is 20.8 Å². The molecule has 0 aliphatic rings. The fourth-order valence-corrected chi connectivity index (χ4v) is 1.28. The predicted molar refractivity (Wildman–Crippen MR) is 115 cm³/mol. The zero-order chi connectivity index (χ0) is 22.8. The van der Waals surface area contributed by atoms with E-state index in [0.717, 1.165) is 0 Å². The standard InChI is InChI=1S/C10H14O4.C8H8.C5H8O2/c1-7(2)9(11)13-5-6-14-10(12)8(3)4;1-2-8-6-4-3-5-7-8;1-4(2)5(6)7-3/h1,3,5-6H2,2,4H3;2-7H,1H2;1H2,2-3H3. The van der Waals surface area contributed by atoms with Crippen molar-refractivity contribution in [1.82, 2.24) is 0 Å². The molecular weight excluding hydrogens is 372 g/mol. The lowest BCUT2D eigenvalue weighted by Crippen LogP contribution is -2.14. The average Bonchev–Trinajstić information content (AvgIpc) is 2.71. The van der Waals surface area contributed by atoms with Crippen LogP contribution in [-0.4, -0.2) is 38.2 Å². The van der Waals surface area contributed by atoms with E-state index >= 15 is 0 Å². The van der Waals surface area contributed by atoms with Crippen LogP contribution in [0.2, 0.25) is 0 Å². The lowest BCUT2D eigenvalue weighted by atomic mass is 10.2. The summed E-state index contributed by atoms with van der Waals surface area (Å²) in [5.41, 5.74) is 2.24. The minimum atomic E-state index is -0.489. The van der Waals surface area contributed by atoms with Crippen molar-refractivity contribution in [3.63, 3.8) is 0 Å². The molecule has 0 spiro atoms. The minimum absolute atomic E-state index is 0.0325. The van der Waals surface area contributed by atoms with E-state index in [-0.39, 0.29) is 19.2 Å². The van der Waals surface area contributed by atoms with Crippen LogP contribution in [0.25, 0.3) is 6.08 Å². The van der Waals surface area contributed by atoms with Crippen LogP contribution < -0.4 is 0 Å². The second kappa shape index (κ2) is 16.7. The first-order valence-electron chi connectivity index (χ1n) is 8.63. The SMILES string of the molecule is C=C(C)C(=O)OC.C=C(C)C(=O)OCCOC(=O)C(=C)C.C=Cc1ccccc1. The van der Waals surface area contributed by atoms with Gasteiger partial charge in [-0.25, -0.2) is 14.4 Å². The third kappa shape index (κ3) is 16.5. The number of carbonyl (C=O) groups is 3. The maximum Gasteiger partial charge on any atom is 0.333 e. The van der Waals surface area contributed by atoms with Gasteiger partial charge in [-0.1, -0.05) is 62.7 Å². The summed E-state index contributed by atoms with van der Waals surface area (Å²) in [6.45, 7) is 18.5. The van der Waals surface area contributed by atoms with Gasteiger partial charge in [0.05, 0.1) is 7.11 Å². The summed E-state index contributed by atoms with van der Waals surface area (Å²) in [5.74, 6) is -1.33. The Morgan fingerprint density at radius 2 is 1.17 bits per heavy atom. The summed E-state index contributed by atoms with van der Waals surface area (Å²) < 4.78 is 13.6. The van der Waals surface area contributed by atoms with Crippen LogP contribution in [0.4, 0.5) is 0 Å². The van der Waals surface area contributed by atoms with E-state index in [0.29, 0.717) is 16.7 Å². The molecule has 0 N–H and O–H groups in total. The van der Waals surface area contributed by atoms with Gasteiger partial charge < -0.3 is 14.2 Å². The molecule has 0 saturated heterocycles. The third-order valence-corrected chi connectivity index (χ3v) is 2.82. The first kappa shape index (κ1) is 27.8. The van der Waals surface area contributed by atoms with Gasteiger partial charge in [-0.05, 0) is 26.3 Å². The molecule has 6 heteroatoms. The minimum Gasteiger partial charge on any atom is -0.466 e. The number of hydrogen-bond acceptors (Lipinski definition) is 6. The molecule has 0 unspecified atom stereocenters. The van der Waals surface area contributed by atoms with Crippen molar-refractivity contribution in [2.75, 3.05) is 20.3 Å². The highest BCUT2D eigenvalue weighted by Crippen LogP contribution is 1.97. The molecule has 0 aliphatic heterocycles. The molecule has 0 aliphatic carbocycles. The molecule has 1 rings (SSSR count). The van der Waals surface area contributed by atoms with Crippen LogP contribution in [0.3, 0.4) is 0 Å². The summed E-state index contributed by atoms with van der Waals surface area (Å²) in [6.07, 6.45) is 1.83. The molecule has 0 amide bonds. The Morgan fingerprint density at radius 1 is 0.793 bits per heavy atom. The number of benzene rings is 1. The van der Waals surface area contributed by atoms with Crippen molar-refractivity contribution < 1.29 is 28.6 Å². The molecule has 6 nitrogen and oxygen atoms in total. The molecular formula is C23H30O6. The Morgan fingerprint density at radius 3 is 1.38 bits per heavy atom. The molecule has 0 heterocycles. The number of carbonyl (C=O) groups excluding carboxylic acids is 3. The first-order valence-corrected chi connectivity index (χ1v) is 8.63. The van der Waals surface area contributed by atoms with E-state index in [4.69, 9.17) is 0 Å². The van der Waals surface area contributed by atoms with E-state index in [1.807, 2.05) is 36.4 Å². The van der Waals surface area contributed by atoms with Gasteiger partial charge in [0, 0.05) is 16.7 Å². The summed E-state index contributed by atoms with van der Waals surface area (Å²) >= 11 is 0. The van der Waals surface area contributed by atoms with Crippen molar-refractivity contribution in [1.29, 1.82) is 0 Å². The Kier molecular flexibility index (Phi) is 16.1. The summed E-state index contributed by atoms with van der Waals surface area (Å²) in [6, 6.07) is 10.0. The van der Waals surface area contributed by atoms with Crippen molar-refractivity contribution in [2.45, 2.75) is 20.8 Å². The maximum atomic E-state index is 10.8. The Labute approximate surface area is 173 Å². The molecule has 0 fully saturated rings. The van der Waals surface area contributed by atoms with Crippen molar-refractivity contribution in [3.05, 3.63) is 78.9 Å². The molecule has 29 heavy (non-hydrogen) atoms. The number of rotatable bonds is 7. The Bertz CT molecular complexity index is 688. The quantitative estimate of drug-likeness (QED) is 0.293. The van der Waals surface area contributed by atoms with Gasteiger partial charge in [-0.15, -0.1) is 0 Å². The van der Waals surface area contributed by atoms with Crippen LogP contribution in [-0.2, 0) is 28.6 Å². The van der Waals surface area contributed by atoms with Gasteiger partial charge in [0.25, 0.3) is 0 Å². The zero-order valence-corrected chi connectivity index (χ0v) is 17.7. The zero-order valence-electron chi connectivity index (χ0n) is 17.7. The molecule has 1 aromatic carbocycles. The molecule has 158 valence electrons. The Hall–Kier alpha value is -3.41. The van der Waals surface area contributed by atoms with Gasteiger partial charge in [0.1, 0.15) is 13.2 Å². The monoisotopic (exact) mass is 402 g/mol. The highest BCUT2D eigenvalue weighted by Gasteiger charge is 2.05. The summed E-state index contributed by atoms with van der Waals surface area (Å²) in [5, 5.41) is 0. The molecule has 1 aromatic rings. The van der Waals surface area contributed by atoms with Crippen molar-refractivity contribution >= 4 is 24.0 Å². The first-order chi connectivity index (χ1) is 13.6. The lowest BCUT2D eigenvalue weighted by molar-refractivity contribution is -0.147. The van der Waals surface area contributed by atoms with Gasteiger partial charge in [-0.3, -0.25) is 0 Å². The van der Waals surface area contributed by atoms with E-state index in [9.17, 15) is 14.4 Å². The highest BCUT2D eigenvalue weighted by atomic mass is 16.6. The van der Waals surface area contributed by atoms with Crippen LogP contribution in [0.5, 0.6) is 0 Å². The molecule has 0 radical (unpaired) electrons. The van der Waals surface area contributed by atoms with Crippen LogP contribution in [0.15, 0.2) is 73.4 Å². The Balaban J connectivity index is 0. The highest BCUT2D eigenvalue weighted by molar-refractivity contribution is 5.87. The van der Waals surface area contributed by atoms with Gasteiger partial charge in [0.15, 0.2) is 0 Å². The summed E-state index contributed by atoms with van der Waals surface area (Å²) in [7, 11) is 1.33. The smallest absolute Gasteiger partial charge is 0.333 e. The molecule has 0 saturated carbocycles. The fraction of sp³-hybridized carbons (Fsp3) is 0.261. The molecule has 0 atom stereocenters. The fourth-order valence-electron chi connectivity index (χ4n) is 1.28. The van der Waals surface area contributed by atoms with Crippen molar-refractivity contribution in [3.8, 4) is 0 Å². The molecule has 0 bridgehead atoms. The van der Waals surface area contributed by atoms with Gasteiger partial charge in [0.2, 0.25) is 0 Å². The van der Waals surface area contributed by atoms with E-state index < -0.39 is 11.9 Å². The average molecular weight is 402 g/mol. The van der Waals surface area contributed by atoms with Crippen LogP contribution in [0, 0.1) is 0 Å². The second-order valence-electron chi connectivity index (χ2n) is 5.72. The van der Waals surface area contributed by atoms with Crippen LogP contribution >= 0.6 is 0 Å². The van der Waals surface area contributed by atoms with Crippen molar-refractivity contribution in [2.24, 2.45) is 0 Å². The van der Waals surface area contributed by atoms with E-state index in [1.165, 1.54) is 12.7 Å². The largest absolute Gasteiger partial charge is 0.466 e. The maximum absolute atomic E-state index is 10.8. The van der Waals surface area contributed by atoms with Gasteiger partial charge >= 0.3 is 17.9 Å². The summed E-state index contributed by atoms with van der Waals surface area (Å²) in [4.78, 5) is 31.9. The number of esters is 3. The number of hydrogen-bond donors (Lipinski definition) is 0. The lowest BCUT2D eigenvalue weighted by Gasteiger charge is -2.05. The predicted octanol–water partition coefficient (Wildman–Crippen LogP) is 4.29. The second-order valence-corrected chi connectivity index (χ2v) is 5.72. The normalized spacial score (nSPS) is 8.55. The topological polar surface area (TPSA) is 78.9 Å².